The van der Waals surface area contributed by atoms with Gasteiger partial charge in [0.05, 0.1) is 15.5 Å². The van der Waals surface area contributed by atoms with Gasteiger partial charge in [-0.25, -0.2) is 4.79 Å². The second kappa shape index (κ2) is 9.37. The summed E-state index contributed by atoms with van der Waals surface area (Å²) in [6, 6.07) is 1.26. The molecule has 158 valence electrons. The maximum Gasteiger partial charge on any atom is 0.526 e. The monoisotopic (exact) mass is 444 g/mol. The number of Topliss-reactive ketones (excluding diaryl/α,β-unsaturated/α-hetero) is 1. The maximum absolute atomic E-state index is 12.5. The standard InChI is InChI=1S/C19H23BCl2O7/c1-5-11(23)6-10-7-12-15(22)14(21)8-13(16(12)29-20(10)26)17(24)27-9-28-18(25)19(2,3)4/h8,10,26H,5-7,9H2,1-4H3/t10-/m0/s1. The molecule has 1 aliphatic rings. The molecule has 1 aromatic carbocycles. The van der Waals surface area contributed by atoms with Gasteiger partial charge in [-0.3, -0.25) is 9.59 Å². The van der Waals surface area contributed by atoms with E-state index in [-0.39, 0.29) is 40.0 Å². The summed E-state index contributed by atoms with van der Waals surface area (Å²) in [5.41, 5.74) is -0.384. The summed E-state index contributed by atoms with van der Waals surface area (Å²) in [6.45, 7) is 6.15. The van der Waals surface area contributed by atoms with Crippen molar-refractivity contribution in [3.63, 3.8) is 0 Å². The van der Waals surface area contributed by atoms with Gasteiger partial charge in [0.2, 0.25) is 6.79 Å². The summed E-state index contributed by atoms with van der Waals surface area (Å²) in [7, 11) is -1.29. The summed E-state index contributed by atoms with van der Waals surface area (Å²) >= 11 is 12.4. The van der Waals surface area contributed by atoms with Gasteiger partial charge < -0.3 is 19.2 Å². The van der Waals surface area contributed by atoms with Crippen LogP contribution in [0.4, 0.5) is 0 Å². The number of esters is 2. The first-order valence-corrected chi connectivity index (χ1v) is 9.92. The van der Waals surface area contributed by atoms with Gasteiger partial charge in [-0.15, -0.1) is 0 Å². The van der Waals surface area contributed by atoms with Gasteiger partial charge in [0.15, 0.2) is 0 Å². The summed E-state index contributed by atoms with van der Waals surface area (Å²) in [4.78, 5) is 36.0. The Bertz CT molecular complexity index is 820. The van der Waals surface area contributed by atoms with Crippen LogP contribution in [0.3, 0.4) is 0 Å². The molecule has 1 N–H and O–H groups in total. The van der Waals surface area contributed by atoms with E-state index in [0.29, 0.717) is 12.0 Å². The molecule has 0 saturated heterocycles. The molecule has 1 heterocycles. The number of hydrogen-bond acceptors (Lipinski definition) is 7. The quantitative estimate of drug-likeness (QED) is 0.404. The smallest absolute Gasteiger partial charge is 0.526 e. The number of ether oxygens (including phenoxy) is 2. The zero-order valence-electron chi connectivity index (χ0n) is 16.7. The first-order chi connectivity index (χ1) is 13.5. The Morgan fingerprint density at radius 1 is 1.28 bits per heavy atom. The number of carbonyl (C=O) groups is 3. The van der Waals surface area contributed by atoms with Crippen molar-refractivity contribution in [3.8, 4) is 5.75 Å². The fourth-order valence-corrected chi connectivity index (χ4v) is 3.19. The number of benzene rings is 1. The third-order valence-corrected chi connectivity index (χ3v) is 5.30. The predicted molar refractivity (Wildman–Crippen MR) is 108 cm³/mol. The number of rotatable bonds is 6. The molecule has 1 aliphatic heterocycles. The Hall–Kier alpha value is -1.77. The first kappa shape index (κ1) is 23.5. The highest BCUT2D eigenvalue weighted by Crippen LogP contribution is 2.43. The Morgan fingerprint density at radius 2 is 1.93 bits per heavy atom. The van der Waals surface area contributed by atoms with Gasteiger partial charge in [0.1, 0.15) is 17.1 Å². The van der Waals surface area contributed by atoms with Crippen LogP contribution in [0, 0.1) is 5.41 Å². The van der Waals surface area contributed by atoms with Crippen LogP contribution in [0.15, 0.2) is 6.07 Å². The van der Waals surface area contributed by atoms with Crippen molar-refractivity contribution >= 4 is 48.0 Å². The van der Waals surface area contributed by atoms with Crippen molar-refractivity contribution in [2.24, 2.45) is 5.41 Å². The van der Waals surface area contributed by atoms with Crippen molar-refractivity contribution in [1.29, 1.82) is 0 Å². The first-order valence-electron chi connectivity index (χ1n) is 9.17. The molecule has 0 aliphatic carbocycles. The van der Waals surface area contributed by atoms with Crippen molar-refractivity contribution < 1.29 is 33.5 Å². The lowest BCUT2D eigenvalue weighted by molar-refractivity contribution is -0.161. The molecule has 0 fully saturated rings. The van der Waals surface area contributed by atoms with E-state index >= 15 is 0 Å². The highest BCUT2D eigenvalue weighted by molar-refractivity contribution is 6.48. The second-order valence-corrected chi connectivity index (χ2v) is 8.61. The van der Waals surface area contributed by atoms with Crippen LogP contribution in [0.25, 0.3) is 0 Å². The SMILES string of the molecule is CCC(=O)C[C@H]1Cc2c(Cl)c(Cl)cc(C(=O)OCOC(=O)C(C)(C)C)c2OB1O. The van der Waals surface area contributed by atoms with E-state index < -0.39 is 37.1 Å². The van der Waals surface area contributed by atoms with Crippen LogP contribution in [0.5, 0.6) is 5.75 Å². The van der Waals surface area contributed by atoms with Crippen molar-refractivity contribution in [2.45, 2.75) is 52.8 Å². The van der Waals surface area contributed by atoms with E-state index in [2.05, 4.69) is 0 Å². The number of carbonyl (C=O) groups excluding carboxylic acids is 3. The number of ketones is 1. The molecule has 0 radical (unpaired) electrons. The second-order valence-electron chi connectivity index (χ2n) is 7.83. The van der Waals surface area contributed by atoms with Gasteiger partial charge in [-0.2, -0.15) is 0 Å². The fraction of sp³-hybridized carbons (Fsp3) is 0.526. The summed E-state index contributed by atoms with van der Waals surface area (Å²) in [5, 5.41) is 10.6. The molecular formula is C19H23BCl2O7. The zero-order chi connectivity index (χ0) is 21.9. The molecule has 0 spiro atoms. The molecule has 0 unspecified atom stereocenters. The van der Waals surface area contributed by atoms with E-state index in [1.807, 2.05) is 0 Å². The molecule has 1 atom stereocenters. The maximum atomic E-state index is 12.5. The van der Waals surface area contributed by atoms with Crippen molar-refractivity contribution in [1.82, 2.24) is 0 Å². The zero-order valence-corrected chi connectivity index (χ0v) is 18.2. The van der Waals surface area contributed by atoms with Crippen LogP contribution >= 0.6 is 23.2 Å². The Kier molecular flexibility index (Phi) is 7.59. The molecule has 2 rings (SSSR count). The molecule has 0 aromatic heterocycles. The molecule has 7 nitrogen and oxygen atoms in total. The predicted octanol–water partition coefficient (Wildman–Crippen LogP) is 3.85. The molecule has 0 saturated carbocycles. The number of halogens is 2. The minimum absolute atomic E-state index is 0.0282. The van der Waals surface area contributed by atoms with Gasteiger partial charge >= 0.3 is 19.1 Å². The topological polar surface area (TPSA) is 99.1 Å². The molecular weight excluding hydrogens is 422 g/mol. The number of hydrogen-bond donors (Lipinski definition) is 1. The van der Waals surface area contributed by atoms with Gasteiger partial charge in [-0.1, -0.05) is 30.1 Å². The van der Waals surface area contributed by atoms with Crippen LogP contribution < -0.4 is 4.65 Å². The average molecular weight is 445 g/mol. The van der Waals surface area contributed by atoms with Gasteiger partial charge in [0, 0.05) is 24.2 Å². The van der Waals surface area contributed by atoms with E-state index in [4.69, 9.17) is 37.3 Å². The van der Waals surface area contributed by atoms with Crippen molar-refractivity contribution in [2.75, 3.05) is 6.79 Å². The summed E-state index contributed by atoms with van der Waals surface area (Å²) in [6.07, 6.45) is 0.660. The highest BCUT2D eigenvalue weighted by atomic mass is 35.5. The third-order valence-electron chi connectivity index (χ3n) is 4.47. The average Bonchev–Trinajstić information content (AvgIpc) is 2.64. The van der Waals surface area contributed by atoms with E-state index in [0.717, 1.165) is 0 Å². The van der Waals surface area contributed by atoms with Crippen LogP contribution in [-0.2, 0) is 25.5 Å². The molecule has 0 bridgehead atoms. The molecule has 1 aromatic rings. The molecule has 10 heteroatoms. The number of fused-ring (bicyclic) bond motifs is 1. The van der Waals surface area contributed by atoms with Gasteiger partial charge in [0.25, 0.3) is 0 Å². The van der Waals surface area contributed by atoms with Crippen LogP contribution in [0.2, 0.25) is 15.9 Å². The van der Waals surface area contributed by atoms with Crippen LogP contribution in [0.1, 0.15) is 56.5 Å². The Morgan fingerprint density at radius 3 is 2.52 bits per heavy atom. The molecule has 29 heavy (non-hydrogen) atoms. The van der Waals surface area contributed by atoms with Crippen LogP contribution in [-0.4, -0.2) is 36.7 Å². The lowest BCUT2D eigenvalue weighted by Gasteiger charge is -2.29. The molecule has 0 amide bonds. The minimum Gasteiger partial charge on any atom is -0.535 e. The van der Waals surface area contributed by atoms with E-state index in [9.17, 15) is 19.4 Å². The summed E-state index contributed by atoms with van der Waals surface area (Å²) in [5.74, 6) is -1.88. The normalized spacial score (nSPS) is 16.0. The minimum atomic E-state index is -1.29. The Balaban J connectivity index is 2.22. The van der Waals surface area contributed by atoms with Crippen molar-refractivity contribution in [3.05, 3.63) is 27.2 Å². The van der Waals surface area contributed by atoms with E-state index in [1.165, 1.54) is 6.07 Å². The lowest BCUT2D eigenvalue weighted by atomic mass is 9.64. The Labute approximate surface area is 179 Å². The van der Waals surface area contributed by atoms with Gasteiger partial charge in [-0.05, 0) is 33.3 Å². The van der Waals surface area contributed by atoms with E-state index in [1.54, 1.807) is 27.7 Å². The fourth-order valence-electron chi connectivity index (χ4n) is 2.75. The third kappa shape index (κ3) is 5.65. The largest absolute Gasteiger partial charge is 0.535 e. The highest BCUT2D eigenvalue weighted by Gasteiger charge is 2.39. The lowest BCUT2D eigenvalue weighted by Crippen LogP contribution is -2.36. The summed E-state index contributed by atoms with van der Waals surface area (Å²) < 4.78 is 15.4.